The van der Waals surface area contributed by atoms with Crippen LogP contribution in [0.25, 0.3) is 71.9 Å². The zero-order chi connectivity index (χ0) is 37.6. The Morgan fingerprint density at radius 2 is 1.15 bits per heavy atom. The second-order valence-corrected chi connectivity index (χ2v) is 19.1. The molecule has 0 atom stereocenters. The van der Waals surface area contributed by atoms with E-state index in [1.54, 1.807) is 0 Å². The summed E-state index contributed by atoms with van der Waals surface area (Å²) in [6, 6.07) is 44.7. The molecule has 8 aromatic rings. The molecule has 0 spiro atoms. The fourth-order valence-corrected chi connectivity index (χ4v) is 9.58. The lowest BCUT2D eigenvalue weighted by Crippen LogP contribution is -2.55. The summed E-state index contributed by atoms with van der Waals surface area (Å²) < 4.78 is 5.38. The molecule has 54 heavy (non-hydrogen) atoms. The Morgan fingerprint density at radius 1 is 0.500 bits per heavy atom. The largest absolute Gasteiger partial charge is 0.375 e. The molecule has 10 rings (SSSR count). The fourth-order valence-electron chi connectivity index (χ4n) is 9.58. The van der Waals surface area contributed by atoms with Gasteiger partial charge in [0.15, 0.2) is 0 Å². The van der Waals surface area contributed by atoms with Crippen LogP contribution in [0.3, 0.4) is 0 Å². The van der Waals surface area contributed by atoms with Gasteiger partial charge in [0.25, 0.3) is 0 Å². The van der Waals surface area contributed by atoms with Crippen molar-refractivity contribution in [1.82, 2.24) is 9.05 Å². The van der Waals surface area contributed by atoms with Gasteiger partial charge in [-0.25, -0.2) is 0 Å². The Morgan fingerprint density at radius 3 is 1.85 bits per heavy atom. The molecule has 0 aliphatic carbocycles. The van der Waals surface area contributed by atoms with Gasteiger partial charge in [-0.05, 0) is 103 Å². The minimum absolute atomic E-state index is 0.000718. The molecule has 4 heterocycles. The third kappa shape index (κ3) is 4.54. The molecule has 0 radical (unpaired) electrons. The molecule has 6 aromatic carbocycles. The minimum atomic E-state index is -0.0344. The standard InChI is InChI=1S/C51H49BN2/c1-30-16-14-15-19-35(30)44-40-28-34(51(8,9)10)27-39-36-22-23-37-38-26-32(49(2,3)4)20-24-42(38)53-43-25-21-33(50(5,6)7)29-41(43)52(45(36)48(37)53)54(47(39)40)46(44)31-17-12-11-13-18-31/h11-29H,1-10H3. The molecule has 266 valence electrons. The summed E-state index contributed by atoms with van der Waals surface area (Å²) in [4.78, 5) is 0. The second-order valence-electron chi connectivity index (χ2n) is 19.1. The van der Waals surface area contributed by atoms with Gasteiger partial charge in [-0.15, -0.1) is 0 Å². The van der Waals surface area contributed by atoms with Crippen LogP contribution in [-0.4, -0.2) is 15.9 Å². The van der Waals surface area contributed by atoms with Gasteiger partial charge in [0.05, 0.1) is 11.0 Å². The third-order valence-corrected chi connectivity index (χ3v) is 12.5. The van der Waals surface area contributed by atoms with Crippen LogP contribution in [0.1, 0.15) is 84.6 Å². The molecule has 0 bridgehead atoms. The highest BCUT2D eigenvalue weighted by Crippen LogP contribution is 2.50. The fraction of sp³-hybridized carbons (Fsp3) is 0.255. The number of nitrogens with zero attached hydrogens (tertiary/aromatic N) is 2. The maximum Gasteiger partial charge on any atom is 0.333 e. The Labute approximate surface area is 320 Å². The molecule has 2 aliphatic rings. The normalized spacial score (nSPS) is 13.7. The van der Waals surface area contributed by atoms with Gasteiger partial charge >= 0.3 is 6.85 Å². The highest BCUT2D eigenvalue weighted by atomic mass is 15.0. The summed E-state index contributed by atoms with van der Waals surface area (Å²) in [6.07, 6.45) is 0. The van der Waals surface area contributed by atoms with Crippen molar-refractivity contribution in [2.75, 3.05) is 0 Å². The second kappa shape index (κ2) is 10.9. The van der Waals surface area contributed by atoms with Gasteiger partial charge in [-0.3, -0.25) is 0 Å². The lowest BCUT2D eigenvalue weighted by atomic mass is 9.45. The Hall–Kier alpha value is -5.28. The first-order valence-electron chi connectivity index (χ1n) is 19.7. The maximum atomic E-state index is 2.77. The summed E-state index contributed by atoms with van der Waals surface area (Å²) >= 11 is 0. The molecule has 0 saturated carbocycles. The zero-order valence-corrected chi connectivity index (χ0v) is 33.4. The first-order valence-corrected chi connectivity index (χ1v) is 19.7. The van der Waals surface area contributed by atoms with Crippen molar-refractivity contribution in [3.8, 4) is 39.2 Å². The quantitative estimate of drug-likeness (QED) is 0.159. The van der Waals surface area contributed by atoms with Crippen LogP contribution in [0, 0.1) is 6.92 Å². The van der Waals surface area contributed by atoms with E-state index < -0.39 is 0 Å². The zero-order valence-electron chi connectivity index (χ0n) is 33.4. The average Bonchev–Trinajstić information content (AvgIpc) is 3.65. The number of aromatic nitrogens is 2. The van der Waals surface area contributed by atoms with Crippen LogP contribution in [0.5, 0.6) is 0 Å². The van der Waals surface area contributed by atoms with E-state index >= 15 is 0 Å². The van der Waals surface area contributed by atoms with E-state index in [0.29, 0.717) is 0 Å². The van der Waals surface area contributed by atoms with Gasteiger partial charge in [0.2, 0.25) is 0 Å². The lowest BCUT2D eigenvalue weighted by Gasteiger charge is -2.35. The molecule has 2 aliphatic heterocycles. The molecule has 2 aromatic heterocycles. The van der Waals surface area contributed by atoms with E-state index in [1.807, 2.05) is 0 Å². The number of fused-ring (bicyclic) bond motifs is 8. The highest BCUT2D eigenvalue weighted by molar-refractivity contribution is 6.90. The van der Waals surface area contributed by atoms with Crippen molar-refractivity contribution in [2.45, 2.75) is 85.5 Å². The predicted octanol–water partition coefficient (Wildman–Crippen LogP) is 12.2. The Bertz CT molecular complexity index is 2880. The van der Waals surface area contributed by atoms with E-state index in [9.17, 15) is 0 Å². The lowest BCUT2D eigenvalue weighted by molar-refractivity contribution is 0.590. The van der Waals surface area contributed by atoms with E-state index in [0.717, 1.165) is 0 Å². The van der Waals surface area contributed by atoms with Crippen molar-refractivity contribution in [1.29, 1.82) is 0 Å². The van der Waals surface area contributed by atoms with Crippen LogP contribution in [0.4, 0.5) is 0 Å². The Kier molecular flexibility index (Phi) is 6.73. The molecule has 3 heteroatoms. The SMILES string of the molecule is Cc1ccccc1-c1c(-c2ccccc2)n2c3c(cc(C(C)(C)C)cc13)-c1ccc3c4cc(C(C)(C)C)ccc4n4c3c1B2c1cc(C(C)(C)C)ccc1-4. The maximum absolute atomic E-state index is 2.77. The smallest absolute Gasteiger partial charge is 0.333 e. The van der Waals surface area contributed by atoms with Crippen molar-refractivity contribution < 1.29 is 0 Å². The highest BCUT2D eigenvalue weighted by Gasteiger charge is 2.44. The molecule has 0 N–H and O–H groups in total. The number of rotatable bonds is 2. The van der Waals surface area contributed by atoms with E-state index in [-0.39, 0.29) is 23.1 Å². The van der Waals surface area contributed by atoms with E-state index in [2.05, 4.69) is 194 Å². The van der Waals surface area contributed by atoms with Gasteiger partial charge < -0.3 is 9.05 Å². The summed E-state index contributed by atoms with van der Waals surface area (Å²) in [7, 11) is 0. The topological polar surface area (TPSA) is 9.86 Å². The Balaban J connectivity index is 1.47. The van der Waals surface area contributed by atoms with Gasteiger partial charge in [0, 0.05) is 44.2 Å². The molecule has 2 nitrogen and oxygen atoms in total. The number of hydrogen-bond donors (Lipinski definition) is 0. The molecular weight excluding hydrogens is 651 g/mol. The number of benzene rings is 6. The van der Waals surface area contributed by atoms with Gasteiger partial charge in [-0.1, -0.05) is 147 Å². The summed E-state index contributed by atoms with van der Waals surface area (Å²) in [6.45, 7) is 23.3. The summed E-state index contributed by atoms with van der Waals surface area (Å²) in [5.41, 5.74) is 21.3. The van der Waals surface area contributed by atoms with Crippen LogP contribution < -0.4 is 10.9 Å². The van der Waals surface area contributed by atoms with Crippen LogP contribution in [0.15, 0.2) is 115 Å². The molecule has 0 amide bonds. The molecular formula is C51H49BN2. The van der Waals surface area contributed by atoms with Gasteiger partial charge in [-0.2, -0.15) is 0 Å². The van der Waals surface area contributed by atoms with Gasteiger partial charge in [0.1, 0.15) is 0 Å². The predicted molar refractivity (Wildman–Crippen MR) is 234 cm³/mol. The number of aryl methyl sites for hydroxylation is 1. The van der Waals surface area contributed by atoms with E-state index in [4.69, 9.17) is 0 Å². The molecule has 0 fully saturated rings. The van der Waals surface area contributed by atoms with Crippen LogP contribution in [0.2, 0.25) is 0 Å². The van der Waals surface area contributed by atoms with Crippen LogP contribution >= 0.6 is 0 Å². The molecule has 0 saturated heterocycles. The number of hydrogen-bond acceptors (Lipinski definition) is 0. The summed E-state index contributed by atoms with van der Waals surface area (Å²) in [5, 5.41) is 4.01. The van der Waals surface area contributed by atoms with Crippen molar-refractivity contribution in [2.24, 2.45) is 0 Å². The average molecular weight is 701 g/mol. The first-order chi connectivity index (χ1) is 25.6. The van der Waals surface area contributed by atoms with Crippen LogP contribution in [-0.2, 0) is 16.2 Å². The monoisotopic (exact) mass is 700 g/mol. The minimum Gasteiger partial charge on any atom is -0.375 e. The van der Waals surface area contributed by atoms with E-state index in [1.165, 1.54) is 105 Å². The summed E-state index contributed by atoms with van der Waals surface area (Å²) in [5.74, 6) is 0. The van der Waals surface area contributed by atoms with Crippen molar-refractivity contribution in [3.05, 3.63) is 138 Å². The van der Waals surface area contributed by atoms with Crippen molar-refractivity contribution in [3.63, 3.8) is 0 Å². The first kappa shape index (κ1) is 33.3. The molecule has 0 unspecified atom stereocenters. The van der Waals surface area contributed by atoms with Crippen molar-refractivity contribution >= 4 is 50.5 Å². The third-order valence-electron chi connectivity index (χ3n) is 12.5.